The fraction of sp³-hybridized carbons (Fsp3) is 0.179. The number of terminal acetylenes is 1. The number of fused-ring (bicyclic) bond motifs is 4. The Hall–Kier alpha value is -4.09. The topological polar surface area (TPSA) is 81.2 Å². The van der Waals surface area contributed by atoms with E-state index in [-0.39, 0.29) is 11.5 Å². The number of aromatic amines is 1. The third-order valence-corrected chi connectivity index (χ3v) is 7.08. The maximum absolute atomic E-state index is 13.8. The Morgan fingerprint density at radius 3 is 2.56 bits per heavy atom. The van der Waals surface area contributed by atoms with Crippen molar-refractivity contribution in [3.8, 4) is 29.2 Å². The summed E-state index contributed by atoms with van der Waals surface area (Å²) in [5.74, 6) is 3.02. The van der Waals surface area contributed by atoms with Crippen LogP contribution in [0.5, 0.6) is 5.75 Å². The van der Waals surface area contributed by atoms with Gasteiger partial charge in [0.15, 0.2) is 5.43 Å². The summed E-state index contributed by atoms with van der Waals surface area (Å²) in [7, 11) is -4.89. The average molecular weight is 503 g/mol. The van der Waals surface area contributed by atoms with E-state index in [1.165, 1.54) is 18.2 Å². The first kappa shape index (κ1) is 23.6. The molecule has 2 heterocycles. The minimum absolute atomic E-state index is 0.0425. The number of pyridine rings is 1. The highest BCUT2D eigenvalue weighted by molar-refractivity contribution is 7.86. The van der Waals surface area contributed by atoms with Crippen LogP contribution in [0.4, 0.5) is 3.89 Å². The van der Waals surface area contributed by atoms with Crippen LogP contribution >= 0.6 is 0 Å². The molecular weight excluding hydrogens is 479 g/mol. The largest absolute Gasteiger partial charge is 0.493 e. The van der Waals surface area contributed by atoms with Gasteiger partial charge < -0.3 is 14.3 Å². The summed E-state index contributed by atoms with van der Waals surface area (Å²) < 4.78 is 44.7. The molecule has 36 heavy (non-hydrogen) atoms. The summed E-state index contributed by atoms with van der Waals surface area (Å²) in [6, 6.07) is 14.5. The molecule has 1 N–H and O–H groups in total. The number of rotatable bonds is 5. The van der Waals surface area contributed by atoms with Crippen LogP contribution in [0.25, 0.3) is 44.0 Å². The Labute approximate surface area is 207 Å². The van der Waals surface area contributed by atoms with Crippen molar-refractivity contribution < 1.29 is 17.0 Å². The van der Waals surface area contributed by atoms with Gasteiger partial charge in [-0.15, -0.1) is 10.3 Å². The summed E-state index contributed by atoms with van der Waals surface area (Å²) in [5.41, 5.74) is 3.59. The van der Waals surface area contributed by atoms with Crippen molar-refractivity contribution in [3.63, 3.8) is 0 Å². The van der Waals surface area contributed by atoms with Crippen molar-refractivity contribution in [2.75, 3.05) is 6.61 Å². The Morgan fingerprint density at radius 2 is 1.89 bits per heavy atom. The van der Waals surface area contributed by atoms with Crippen LogP contribution in [0.2, 0.25) is 0 Å². The summed E-state index contributed by atoms with van der Waals surface area (Å²) in [4.78, 5) is 16.7. The van der Waals surface area contributed by atoms with Crippen molar-refractivity contribution in [2.24, 2.45) is 0 Å². The lowest BCUT2D eigenvalue weighted by atomic mass is 10.0. The van der Waals surface area contributed by atoms with Crippen LogP contribution < -0.4 is 10.2 Å². The van der Waals surface area contributed by atoms with Gasteiger partial charge in [-0.1, -0.05) is 24.1 Å². The zero-order valence-corrected chi connectivity index (χ0v) is 20.7. The molecule has 0 fully saturated rings. The second-order valence-electron chi connectivity index (χ2n) is 8.81. The zero-order valence-electron chi connectivity index (χ0n) is 19.9. The summed E-state index contributed by atoms with van der Waals surface area (Å²) in [6.45, 7) is 6.15. The fourth-order valence-electron chi connectivity index (χ4n) is 4.74. The molecule has 6 nitrogen and oxygen atoms in total. The second-order valence-corrected chi connectivity index (χ2v) is 10.2. The molecule has 0 amide bonds. The number of ether oxygens (including phenoxy) is 1. The molecule has 0 aliphatic carbocycles. The molecule has 182 valence electrons. The van der Waals surface area contributed by atoms with Crippen LogP contribution in [-0.2, 0) is 10.2 Å². The third-order valence-electron chi connectivity index (χ3n) is 6.26. The highest BCUT2D eigenvalue weighted by Crippen LogP contribution is 2.37. The SMILES string of the molecule is C#Cc1ccc2c(c1)[nH]c1c2c(=O)c2cc(OCC)c(-c3cccc(S(=O)(=O)F)c3)cc2n1C(C)C. The van der Waals surface area contributed by atoms with Crippen LogP contribution in [0.15, 0.2) is 64.3 Å². The fourth-order valence-corrected chi connectivity index (χ4v) is 5.25. The van der Waals surface area contributed by atoms with E-state index < -0.39 is 15.1 Å². The van der Waals surface area contributed by atoms with Gasteiger partial charge in [0, 0.05) is 28.1 Å². The van der Waals surface area contributed by atoms with E-state index >= 15 is 0 Å². The van der Waals surface area contributed by atoms with Crippen molar-refractivity contribution in [1.29, 1.82) is 0 Å². The van der Waals surface area contributed by atoms with Crippen molar-refractivity contribution in [1.82, 2.24) is 9.55 Å². The number of hydrogen-bond acceptors (Lipinski definition) is 4. The number of halogens is 1. The molecular formula is C28H23FN2O4S. The Balaban J connectivity index is 1.93. The normalized spacial score (nSPS) is 12.0. The molecule has 5 rings (SSSR count). The number of nitrogens with zero attached hydrogens (tertiary/aromatic N) is 1. The Bertz CT molecular complexity index is 1890. The van der Waals surface area contributed by atoms with E-state index in [1.807, 2.05) is 37.5 Å². The minimum Gasteiger partial charge on any atom is -0.493 e. The minimum atomic E-state index is -4.89. The Kier molecular flexibility index (Phi) is 5.61. The van der Waals surface area contributed by atoms with Gasteiger partial charge in [-0.3, -0.25) is 4.79 Å². The van der Waals surface area contributed by atoms with Gasteiger partial charge in [0.05, 0.1) is 27.8 Å². The van der Waals surface area contributed by atoms with Gasteiger partial charge in [-0.2, -0.15) is 8.42 Å². The van der Waals surface area contributed by atoms with E-state index in [2.05, 4.69) is 10.9 Å². The van der Waals surface area contributed by atoms with E-state index in [0.29, 0.717) is 51.0 Å². The third kappa shape index (κ3) is 3.73. The molecule has 2 aromatic heterocycles. The van der Waals surface area contributed by atoms with Gasteiger partial charge in [-0.05, 0) is 62.7 Å². The standard InChI is InChI=1S/C28H23FN2O4S/c1-5-17-10-11-20-23(12-17)30-28-26(20)27(32)22-15-25(35-6-2)21(14-24(22)31(28)16(3)4)18-8-7-9-19(13-18)36(29,33)34/h1,7-16,30H,6H2,2-4H3. The quantitative estimate of drug-likeness (QED) is 0.239. The molecule has 0 saturated heterocycles. The molecule has 3 aromatic carbocycles. The van der Waals surface area contributed by atoms with E-state index in [4.69, 9.17) is 11.2 Å². The number of hydrogen-bond donors (Lipinski definition) is 1. The predicted molar refractivity (Wildman–Crippen MR) is 141 cm³/mol. The lowest BCUT2D eigenvalue weighted by molar-refractivity contribution is 0.342. The van der Waals surface area contributed by atoms with E-state index in [1.54, 1.807) is 24.3 Å². The maximum atomic E-state index is 13.8. The molecule has 0 atom stereocenters. The van der Waals surface area contributed by atoms with Crippen molar-refractivity contribution in [2.45, 2.75) is 31.7 Å². The van der Waals surface area contributed by atoms with Gasteiger partial charge in [0.25, 0.3) is 0 Å². The molecule has 0 spiro atoms. The monoisotopic (exact) mass is 502 g/mol. The molecule has 0 aliphatic rings. The highest BCUT2D eigenvalue weighted by atomic mass is 32.3. The smallest absolute Gasteiger partial charge is 0.332 e. The molecule has 0 unspecified atom stereocenters. The molecule has 0 saturated carbocycles. The Morgan fingerprint density at radius 1 is 1.11 bits per heavy atom. The lowest BCUT2D eigenvalue weighted by Gasteiger charge is -2.19. The first-order chi connectivity index (χ1) is 17.1. The molecule has 8 heteroatoms. The molecule has 5 aromatic rings. The highest BCUT2D eigenvalue weighted by Gasteiger charge is 2.21. The summed E-state index contributed by atoms with van der Waals surface area (Å²) in [5, 5.41) is 1.78. The summed E-state index contributed by atoms with van der Waals surface area (Å²) >= 11 is 0. The first-order valence-electron chi connectivity index (χ1n) is 11.5. The van der Waals surface area contributed by atoms with Gasteiger partial charge in [0.1, 0.15) is 11.4 Å². The predicted octanol–water partition coefficient (Wildman–Crippen LogP) is 5.92. The van der Waals surface area contributed by atoms with E-state index in [9.17, 15) is 17.1 Å². The van der Waals surface area contributed by atoms with Crippen LogP contribution in [0.1, 0.15) is 32.4 Å². The van der Waals surface area contributed by atoms with E-state index in [0.717, 1.165) is 10.9 Å². The molecule has 0 bridgehead atoms. The second kappa shape index (κ2) is 8.54. The number of aromatic nitrogens is 2. The van der Waals surface area contributed by atoms with Crippen LogP contribution in [-0.4, -0.2) is 24.6 Å². The number of H-pyrrole nitrogens is 1. The molecule has 0 aliphatic heterocycles. The van der Waals surface area contributed by atoms with Crippen molar-refractivity contribution >= 4 is 43.1 Å². The summed E-state index contributed by atoms with van der Waals surface area (Å²) in [6.07, 6.45) is 5.57. The first-order valence-corrected chi connectivity index (χ1v) is 12.8. The maximum Gasteiger partial charge on any atom is 0.332 e. The van der Waals surface area contributed by atoms with Crippen LogP contribution in [0.3, 0.4) is 0 Å². The van der Waals surface area contributed by atoms with Crippen LogP contribution in [0, 0.1) is 12.3 Å². The molecule has 0 radical (unpaired) electrons. The zero-order chi connectivity index (χ0) is 25.8. The van der Waals surface area contributed by atoms with Gasteiger partial charge in [0.2, 0.25) is 0 Å². The van der Waals surface area contributed by atoms with Gasteiger partial charge >= 0.3 is 10.2 Å². The lowest BCUT2D eigenvalue weighted by Crippen LogP contribution is -2.13. The number of benzene rings is 3. The number of nitrogens with one attached hydrogen (secondary N) is 1. The van der Waals surface area contributed by atoms with Crippen molar-refractivity contribution in [3.05, 3.63) is 70.4 Å². The van der Waals surface area contributed by atoms with Gasteiger partial charge in [-0.25, -0.2) is 0 Å². The average Bonchev–Trinajstić information content (AvgIpc) is 3.22.